The minimum atomic E-state index is -0.0533. The highest BCUT2D eigenvalue weighted by Crippen LogP contribution is 2.31. The van der Waals surface area contributed by atoms with E-state index in [1.807, 2.05) is 36.6 Å². The van der Waals surface area contributed by atoms with Crippen LogP contribution >= 0.6 is 34.4 Å². The normalized spacial score (nSPS) is 11.0. The largest absolute Gasteiger partial charge is 0.308 e. The van der Waals surface area contributed by atoms with Gasteiger partial charge in [-0.1, -0.05) is 30.0 Å². The summed E-state index contributed by atoms with van der Waals surface area (Å²) in [5.74, 6) is 0.621. The first-order chi connectivity index (χ1) is 14.6. The molecule has 3 aromatic heterocycles. The maximum Gasteiger partial charge on any atom is 0.230 e. The van der Waals surface area contributed by atoms with Gasteiger partial charge >= 0.3 is 0 Å². The van der Waals surface area contributed by atoms with E-state index < -0.39 is 0 Å². The first-order valence-electron chi connectivity index (χ1n) is 9.45. The number of thiazole rings is 1. The molecular formula is C21H21N5OS3. The molecule has 0 spiro atoms. The van der Waals surface area contributed by atoms with Crippen LogP contribution in [0.15, 0.2) is 58.6 Å². The lowest BCUT2D eigenvalue weighted by Gasteiger charge is -2.18. The number of rotatable bonds is 8. The van der Waals surface area contributed by atoms with Crippen LogP contribution in [0.5, 0.6) is 0 Å². The zero-order valence-corrected chi connectivity index (χ0v) is 19.1. The van der Waals surface area contributed by atoms with Crippen LogP contribution in [0.4, 0.5) is 10.8 Å². The number of thiophene rings is 1. The second-order valence-electron chi connectivity index (χ2n) is 6.74. The number of nitrogens with zero attached hydrogens (tertiary/aromatic N) is 5. The first kappa shape index (κ1) is 20.8. The third-order valence-electron chi connectivity index (χ3n) is 4.41. The number of amides is 1. The molecule has 1 aromatic carbocycles. The van der Waals surface area contributed by atoms with E-state index in [1.54, 1.807) is 41.2 Å². The smallest absolute Gasteiger partial charge is 0.230 e. The summed E-state index contributed by atoms with van der Waals surface area (Å²) in [6.45, 7) is 4.43. The fraction of sp³-hybridized carbons (Fsp3) is 0.238. The van der Waals surface area contributed by atoms with Gasteiger partial charge in [0.05, 0.1) is 11.4 Å². The molecule has 6 nitrogen and oxygen atoms in total. The average molecular weight is 456 g/mol. The van der Waals surface area contributed by atoms with E-state index in [9.17, 15) is 4.79 Å². The van der Waals surface area contributed by atoms with Gasteiger partial charge in [-0.25, -0.2) is 4.98 Å². The molecule has 3 heterocycles. The van der Waals surface area contributed by atoms with Crippen molar-refractivity contribution in [3.63, 3.8) is 0 Å². The molecule has 30 heavy (non-hydrogen) atoms. The second kappa shape index (κ2) is 9.55. The zero-order chi connectivity index (χ0) is 20.9. The van der Waals surface area contributed by atoms with Gasteiger partial charge in [0.25, 0.3) is 0 Å². The number of benzene rings is 1. The van der Waals surface area contributed by atoms with Gasteiger partial charge in [0.1, 0.15) is 6.33 Å². The highest BCUT2D eigenvalue weighted by atomic mass is 32.2. The molecule has 0 aliphatic carbocycles. The monoisotopic (exact) mass is 455 g/mol. The molecule has 0 atom stereocenters. The first-order valence-corrected chi connectivity index (χ1v) is 12.2. The fourth-order valence-corrected chi connectivity index (χ4v) is 5.52. The van der Waals surface area contributed by atoms with Crippen LogP contribution in [0.2, 0.25) is 0 Å². The Morgan fingerprint density at radius 1 is 1.23 bits per heavy atom. The average Bonchev–Trinajstić information content (AvgIpc) is 3.47. The van der Waals surface area contributed by atoms with Crippen LogP contribution < -0.4 is 4.90 Å². The van der Waals surface area contributed by atoms with Crippen molar-refractivity contribution in [3.8, 4) is 0 Å². The lowest BCUT2D eigenvalue weighted by atomic mass is 10.2. The molecule has 154 valence electrons. The van der Waals surface area contributed by atoms with Crippen molar-refractivity contribution >= 4 is 51.2 Å². The predicted octanol–water partition coefficient (Wildman–Crippen LogP) is 5.32. The predicted molar refractivity (Wildman–Crippen MR) is 124 cm³/mol. The van der Waals surface area contributed by atoms with Crippen LogP contribution in [0, 0.1) is 6.92 Å². The summed E-state index contributed by atoms with van der Waals surface area (Å²) in [6, 6.07) is 12.1. The van der Waals surface area contributed by atoms with Gasteiger partial charge in [-0.05, 0) is 42.5 Å². The van der Waals surface area contributed by atoms with Gasteiger partial charge in [0.15, 0.2) is 10.3 Å². The molecular weight excluding hydrogens is 434 g/mol. The molecule has 0 bridgehead atoms. The van der Waals surface area contributed by atoms with Gasteiger partial charge in [-0.2, -0.15) is 0 Å². The SMILES string of the molecule is CC(=O)N(c1cccc(C)c1)c1nc(CSc2nncn2CCc2cccs2)cs1. The number of aryl methyl sites for hydroxylation is 3. The molecule has 4 aromatic rings. The Bertz CT molecular complexity index is 1120. The summed E-state index contributed by atoms with van der Waals surface area (Å²) < 4.78 is 2.08. The number of aromatic nitrogens is 4. The molecule has 0 saturated carbocycles. The lowest BCUT2D eigenvalue weighted by Crippen LogP contribution is -2.22. The van der Waals surface area contributed by atoms with Crippen molar-refractivity contribution < 1.29 is 4.79 Å². The van der Waals surface area contributed by atoms with E-state index in [1.165, 1.54) is 16.2 Å². The van der Waals surface area contributed by atoms with Gasteiger partial charge in [-0.15, -0.1) is 32.9 Å². The van der Waals surface area contributed by atoms with Gasteiger partial charge in [0, 0.05) is 29.5 Å². The summed E-state index contributed by atoms with van der Waals surface area (Å²) in [7, 11) is 0. The number of hydrogen-bond acceptors (Lipinski definition) is 7. The Morgan fingerprint density at radius 2 is 2.13 bits per heavy atom. The highest BCUT2D eigenvalue weighted by molar-refractivity contribution is 7.98. The van der Waals surface area contributed by atoms with Crippen LogP contribution in [0.1, 0.15) is 23.1 Å². The summed E-state index contributed by atoms with van der Waals surface area (Å²) in [4.78, 5) is 20.0. The molecule has 4 rings (SSSR count). The molecule has 0 unspecified atom stereocenters. The summed E-state index contributed by atoms with van der Waals surface area (Å²) in [5.41, 5.74) is 2.86. The molecule has 0 saturated heterocycles. The molecule has 0 fully saturated rings. The van der Waals surface area contributed by atoms with Crippen molar-refractivity contribution in [2.45, 2.75) is 37.7 Å². The molecule has 1 amide bonds. The fourth-order valence-electron chi connectivity index (χ4n) is 2.99. The molecule has 0 radical (unpaired) electrons. The number of thioether (sulfide) groups is 1. The molecule has 9 heteroatoms. The van der Waals surface area contributed by atoms with E-state index in [2.05, 4.69) is 32.3 Å². The minimum absolute atomic E-state index is 0.0533. The van der Waals surface area contributed by atoms with E-state index >= 15 is 0 Å². The van der Waals surface area contributed by atoms with Gasteiger partial charge in [-0.3, -0.25) is 9.69 Å². The Kier molecular flexibility index (Phi) is 6.61. The van der Waals surface area contributed by atoms with Crippen molar-refractivity contribution in [2.75, 3.05) is 4.90 Å². The van der Waals surface area contributed by atoms with Crippen molar-refractivity contribution in [1.82, 2.24) is 19.7 Å². The van der Waals surface area contributed by atoms with Crippen molar-refractivity contribution in [2.24, 2.45) is 0 Å². The number of hydrogen-bond donors (Lipinski definition) is 0. The lowest BCUT2D eigenvalue weighted by molar-refractivity contribution is -0.115. The van der Waals surface area contributed by atoms with Crippen LogP contribution in [0.25, 0.3) is 0 Å². The number of carbonyl (C=O) groups is 1. The molecule has 0 aliphatic heterocycles. The van der Waals surface area contributed by atoms with E-state index in [4.69, 9.17) is 4.98 Å². The van der Waals surface area contributed by atoms with Crippen LogP contribution in [-0.4, -0.2) is 25.7 Å². The molecule has 0 N–H and O–H groups in total. The molecule has 0 aliphatic rings. The Labute approximate surface area is 187 Å². The minimum Gasteiger partial charge on any atom is -0.308 e. The van der Waals surface area contributed by atoms with Gasteiger partial charge in [0.2, 0.25) is 5.91 Å². The van der Waals surface area contributed by atoms with Crippen molar-refractivity contribution in [1.29, 1.82) is 0 Å². The topological polar surface area (TPSA) is 63.9 Å². The maximum atomic E-state index is 12.3. The Morgan fingerprint density at radius 3 is 2.90 bits per heavy atom. The number of anilines is 2. The second-order valence-corrected chi connectivity index (χ2v) is 9.55. The van der Waals surface area contributed by atoms with Crippen LogP contribution in [-0.2, 0) is 23.5 Å². The van der Waals surface area contributed by atoms with E-state index in [0.29, 0.717) is 10.9 Å². The van der Waals surface area contributed by atoms with Crippen molar-refractivity contribution in [3.05, 3.63) is 69.6 Å². The Hall–Kier alpha value is -2.49. The van der Waals surface area contributed by atoms with Gasteiger partial charge < -0.3 is 4.57 Å². The third-order valence-corrected chi connectivity index (χ3v) is 7.24. The summed E-state index contributed by atoms with van der Waals surface area (Å²) in [5, 5.41) is 14.0. The summed E-state index contributed by atoms with van der Waals surface area (Å²) in [6.07, 6.45) is 2.74. The standard InChI is InChI=1S/C21H21N5OS3/c1-15-5-3-6-18(11-15)26(16(2)27)20-23-17(12-29-20)13-30-21-24-22-14-25(21)9-8-19-7-4-10-28-19/h3-7,10-12,14H,8-9,13H2,1-2H3. The van der Waals surface area contributed by atoms with E-state index in [0.717, 1.165) is 35.1 Å². The highest BCUT2D eigenvalue weighted by Gasteiger charge is 2.18. The van der Waals surface area contributed by atoms with E-state index in [-0.39, 0.29) is 5.91 Å². The third kappa shape index (κ3) is 4.97. The van der Waals surface area contributed by atoms with Crippen LogP contribution in [0.3, 0.4) is 0 Å². The Balaban J connectivity index is 1.42. The maximum absolute atomic E-state index is 12.3. The quantitative estimate of drug-likeness (QED) is 0.336. The number of carbonyl (C=O) groups excluding carboxylic acids is 1. The summed E-state index contributed by atoms with van der Waals surface area (Å²) >= 11 is 4.85. The zero-order valence-electron chi connectivity index (χ0n) is 16.7.